The zero-order valence-corrected chi connectivity index (χ0v) is 14.9. The lowest BCUT2D eigenvalue weighted by Gasteiger charge is -2.11. The second-order valence-corrected chi connectivity index (χ2v) is 6.34. The van der Waals surface area contributed by atoms with E-state index in [4.69, 9.17) is 28.0 Å². The molecule has 0 unspecified atom stereocenters. The first-order valence-electron chi connectivity index (χ1n) is 7.56. The highest BCUT2D eigenvalue weighted by atomic mass is 35.5. The fourth-order valence-corrected chi connectivity index (χ4v) is 2.62. The first-order chi connectivity index (χ1) is 12.7. The van der Waals surface area contributed by atoms with Gasteiger partial charge in [0.05, 0.1) is 15.8 Å². The molecule has 1 N–H and O–H groups in total. The molecule has 142 valence electrons. The van der Waals surface area contributed by atoms with Crippen LogP contribution >= 0.6 is 23.2 Å². The molecule has 2 aromatic rings. The number of oxime groups is 1. The van der Waals surface area contributed by atoms with Crippen molar-refractivity contribution in [3.8, 4) is 5.75 Å². The van der Waals surface area contributed by atoms with Crippen molar-refractivity contribution in [2.75, 3.05) is 5.32 Å². The molecule has 0 spiro atoms. The van der Waals surface area contributed by atoms with E-state index >= 15 is 0 Å². The van der Waals surface area contributed by atoms with Gasteiger partial charge in [0.25, 0.3) is 5.91 Å². The summed E-state index contributed by atoms with van der Waals surface area (Å²) < 4.78 is 40.2. The lowest BCUT2D eigenvalue weighted by molar-refractivity contribution is -0.274. The van der Waals surface area contributed by atoms with E-state index in [2.05, 4.69) is 15.2 Å². The first kappa shape index (κ1) is 19.3. The molecule has 27 heavy (non-hydrogen) atoms. The van der Waals surface area contributed by atoms with Gasteiger partial charge in [-0.15, -0.1) is 13.2 Å². The summed E-state index contributed by atoms with van der Waals surface area (Å²) in [5.41, 5.74) is 1.50. The number of nitrogens with one attached hydrogen (secondary N) is 1. The maximum Gasteiger partial charge on any atom is 0.573 e. The molecule has 0 bridgehead atoms. The van der Waals surface area contributed by atoms with Gasteiger partial charge in [-0.25, -0.2) is 0 Å². The Hall–Kier alpha value is -2.45. The van der Waals surface area contributed by atoms with Crippen LogP contribution in [0.1, 0.15) is 12.0 Å². The Bertz CT molecular complexity index is 886. The van der Waals surface area contributed by atoms with E-state index in [1.165, 1.54) is 12.1 Å². The van der Waals surface area contributed by atoms with Crippen LogP contribution in [-0.4, -0.2) is 24.1 Å². The van der Waals surface area contributed by atoms with Gasteiger partial charge in [0.15, 0.2) is 0 Å². The number of rotatable bonds is 4. The number of anilines is 1. The molecule has 1 atom stereocenters. The minimum atomic E-state index is -4.78. The Kier molecular flexibility index (Phi) is 5.48. The van der Waals surface area contributed by atoms with Gasteiger partial charge in [-0.1, -0.05) is 34.4 Å². The molecule has 3 rings (SSSR count). The third-order valence-corrected chi connectivity index (χ3v) is 4.31. The zero-order valence-electron chi connectivity index (χ0n) is 13.4. The molecule has 0 aromatic heterocycles. The first-order valence-corrected chi connectivity index (χ1v) is 8.31. The Morgan fingerprint density at radius 3 is 2.48 bits per heavy atom. The molecule has 0 saturated carbocycles. The van der Waals surface area contributed by atoms with Crippen molar-refractivity contribution in [1.29, 1.82) is 0 Å². The Balaban J connectivity index is 1.59. The summed E-state index contributed by atoms with van der Waals surface area (Å²) in [7, 11) is 0. The van der Waals surface area contributed by atoms with Gasteiger partial charge in [0.2, 0.25) is 6.10 Å². The fraction of sp³-hybridized carbons (Fsp3) is 0.176. The number of carbonyl (C=O) groups is 1. The van der Waals surface area contributed by atoms with E-state index < -0.39 is 18.4 Å². The molecular formula is C17H11Cl2F3N2O3. The third kappa shape index (κ3) is 5.05. The number of carbonyl (C=O) groups excluding carboxylic acids is 1. The Morgan fingerprint density at radius 2 is 1.85 bits per heavy atom. The smallest absolute Gasteiger partial charge is 0.406 e. The molecular weight excluding hydrogens is 408 g/mol. The number of ether oxygens (including phenoxy) is 1. The summed E-state index contributed by atoms with van der Waals surface area (Å²) >= 11 is 11.8. The largest absolute Gasteiger partial charge is 0.573 e. The summed E-state index contributed by atoms with van der Waals surface area (Å²) in [6.45, 7) is 0. The average molecular weight is 419 g/mol. The minimum absolute atomic E-state index is 0.207. The van der Waals surface area contributed by atoms with Crippen LogP contribution in [-0.2, 0) is 9.63 Å². The van der Waals surface area contributed by atoms with Crippen LogP contribution in [0.15, 0.2) is 47.6 Å². The van der Waals surface area contributed by atoms with Gasteiger partial charge in [-0.3, -0.25) is 4.79 Å². The quantitative estimate of drug-likeness (QED) is 0.757. The van der Waals surface area contributed by atoms with Gasteiger partial charge in [-0.05, 0) is 36.4 Å². The predicted molar refractivity (Wildman–Crippen MR) is 94.2 cm³/mol. The lowest BCUT2D eigenvalue weighted by Crippen LogP contribution is -2.28. The van der Waals surface area contributed by atoms with E-state index in [9.17, 15) is 18.0 Å². The normalized spacial score (nSPS) is 16.5. The molecule has 0 saturated heterocycles. The van der Waals surface area contributed by atoms with Crippen molar-refractivity contribution in [1.82, 2.24) is 0 Å². The molecule has 1 heterocycles. The molecule has 0 radical (unpaired) electrons. The molecule has 2 aromatic carbocycles. The number of hydrogen-bond acceptors (Lipinski definition) is 4. The average Bonchev–Trinajstić information content (AvgIpc) is 3.08. The second-order valence-electron chi connectivity index (χ2n) is 5.53. The molecule has 1 aliphatic heterocycles. The molecule has 10 heteroatoms. The number of benzene rings is 2. The summed E-state index contributed by atoms with van der Waals surface area (Å²) in [5, 5.41) is 7.18. The van der Waals surface area contributed by atoms with E-state index in [0.717, 1.165) is 12.1 Å². The highest BCUT2D eigenvalue weighted by Gasteiger charge is 2.31. The molecule has 1 aliphatic rings. The molecule has 1 amide bonds. The predicted octanol–water partition coefficient (Wildman–Crippen LogP) is 5.02. The molecule has 0 fully saturated rings. The van der Waals surface area contributed by atoms with Crippen LogP contribution in [0.4, 0.5) is 18.9 Å². The number of amides is 1. The van der Waals surface area contributed by atoms with Crippen LogP contribution in [0.25, 0.3) is 0 Å². The van der Waals surface area contributed by atoms with Crippen molar-refractivity contribution in [3.63, 3.8) is 0 Å². The third-order valence-electron chi connectivity index (χ3n) is 3.57. The maximum atomic E-state index is 12.3. The molecule has 0 aliphatic carbocycles. The van der Waals surface area contributed by atoms with Crippen molar-refractivity contribution >= 4 is 40.5 Å². The van der Waals surface area contributed by atoms with E-state index in [1.807, 2.05) is 0 Å². The number of alkyl halides is 3. The standard InChI is InChI=1S/C17H11Cl2F3N2O3/c18-12-6-1-9(7-13(12)19)14-8-15(27-24-14)16(25)23-10-2-4-11(5-3-10)26-17(20,21)22/h1-7,15H,8H2,(H,23,25)/t15-/m0/s1. The number of halogens is 5. The van der Waals surface area contributed by atoms with Crippen molar-refractivity contribution in [2.24, 2.45) is 5.16 Å². The molecule has 5 nitrogen and oxygen atoms in total. The van der Waals surface area contributed by atoms with Crippen molar-refractivity contribution in [3.05, 3.63) is 58.1 Å². The summed E-state index contributed by atoms with van der Waals surface area (Å²) in [4.78, 5) is 17.4. The highest BCUT2D eigenvalue weighted by molar-refractivity contribution is 6.42. The fourth-order valence-electron chi connectivity index (χ4n) is 2.33. The monoisotopic (exact) mass is 418 g/mol. The van der Waals surface area contributed by atoms with E-state index in [0.29, 0.717) is 27.0 Å². The van der Waals surface area contributed by atoms with Gasteiger partial charge >= 0.3 is 6.36 Å². The number of hydrogen-bond donors (Lipinski definition) is 1. The SMILES string of the molecule is O=C(Nc1ccc(OC(F)(F)F)cc1)[C@@H]1CC(c2ccc(Cl)c(Cl)c2)=NO1. The van der Waals surface area contributed by atoms with Gasteiger partial charge < -0.3 is 14.9 Å². The number of nitrogens with zero attached hydrogens (tertiary/aromatic N) is 1. The van der Waals surface area contributed by atoms with E-state index in [1.54, 1.807) is 18.2 Å². The Morgan fingerprint density at radius 1 is 1.15 bits per heavy atom. The van der Waals surface area contributed by atoms with Crippen LogP contribution in [0.2, 0.25) is 10.0 Å². The van der Waals surface area contributed by atoms with Crippen LogP contribution < -0.4 is 10.1 Å². The summed E-state index contributed by atoms with van der Waals surface area (Å²) in [6.07, 6.45) is -5.44. The van der Waals surface area contributed by atoms with Gasteiger partial charge in [0.1, 0.15) is 5.75 Å². The Labute approximate surface area is 161 Å². The van der Waals surface area contributed by atoms with Gasteiger partial charge in [-0.2, -0.15) is 0 Å². The topological polar surface area (TPSA) is 59.9 Å². The van der Waals surface area contributed by atoms with Crippen LogP contribution in [0, 0.1) is 0 Å². The van der Waals surface area contributed by atoms with Gasteiger partial charge in [0, 0.05) is 17.7 Å². The van der Waals surface area contributed by atoms with E-state index in [-0.39, 0.29) is 12.2 Å². The lowest BCUT2D eigenvalue weighted by atomic mass is 10.0. The van der Waals surface area contributed by atoms with Crippen molar-refractivity contribution in [2.45, 2.75) is 18.9 Å². The highest BCUT2D eigenvalue weighted by Crippen LogP contribution is 2.27. The summed E-state index contributed by atoms with van der Waals surface area (Å²) in [6, 6.07) is 9.69. The van der Waals surface area contributed by atoms with Crippen molar-refractivity contribution < 1.29 is 27.5 Å². The van der Waals surface area contributed by atoms with Crippen LogP contribution in [0.3, 0.4) is 0 Å². The minimum Gasteiger partial charge on any atom is -0.406 e. The zero-order chi connectivity index (χ0) is 19.6. The second kappa shape index (κ2) is 7.66. The van der Waals surface area contributed by atoms with Crippen LogP contribution in [0.5, 0.6) is 5.75 Å². The maximum absolute atomic E-state index is 12.3. The summed E-state index contributed by atoms with van der Waals surface area (Å²) in [5.74, 6) is -0.874.